The lowest BCUT2D eigenvalue weighted by Gasteiger charge is -2.22. The van der Waals surface area contributed by atoms with E-state index in [4.69, 9.17) is 11.6 Å². The van der Waals surface area contributed by atoms with E-state index in [1.807, 2.05) is 0 Å². The van der Waals surface area contributed by atoms with Crippen molar-refractivity contribution in [3.8, 4) is 10.4 Å². The van der Waals surface area contributed by atoms with Gasteiger partial charge in [0.1, 0.15) is 11.9 Å². The average Bonchev–Trinajstić information content (AvgIpc) is 3.40. The molecule has 0 saturated carbocycles. The molecule has 1 saturated heterocycles. The van der Waals surface area contributed by atoms with E-state index in [9.17, 15) is 9.59 Å². The van der Waals surface area contributed by atoms with Gasteiger partial charge in [0, 0.05) is 16.1 Å². The zero-order chi connectivity index (χ0) is 20.1. The minimum atomic E-state index is -1.11. The molecule has 4 aromatic rings. The highest BCUT2D eigenvalue weighted by Gasteiger charge is 2.42. The number of carbonyl (C=O) groups is 2. The number of halogens is 2. The molecule has 3 heterocycles. The average molecular weight is 427 g/mol. The molecular weight excluding hydrogens is 415 g/mol. The number of anilines is 1. The minimum absolute atomic E-state index is 0.115. The van der Waals surface area contributed by atoms with E-state index >= 15 is 4.39 Å². The molecule has 1 aliphatic heterocycles. The third kappa shape index (κ3) is 2.97. The number of H-pyrrole nitrogens is 1. The summed E-state index contributed by atoms with van der Waals surface area (Å²) in [6, 6.07) is 11.5. The molecule has 6 nitrogen and oxygen atoms in total. The number of hydrogen-bond acceptors (Lipinski definition) is 4. The molecular formula is C20H12ClFN4O2S. The van der Waals surface area contributed by atoms with Crippen molar-refractivity contribution in [2.45, 2.75) is 6.04 Å². The number of carbonyl (C=O) groups excluding carboxylic acids is 2. The van der Waals surface area contributed by atoms with E-state index in [0.29, 0.717) is 21.1 Å². The van der Waals surface area contributed by atoms with Gasteiger partial charge in [0.05, 0.1) is 21.7 Å². The lowest BCUT2D eigenvalue weighted by molar-refractivity contribution is -0.120. The third-order valence-electron chi connectivity index (χ3n) is 4.79. The van der Waals surface area contributed by atoms with Crippen molar-refractivity contribution in [1.29, 1.82) is 0 Å². The number of rotatable bonds is 3. The second-order valence-corrected chi connectivity index (χ2v) is 8.23. The highest BCUT2D eigenvalue weighted by atomic mass is 35.5. The first kappa shape index (κ1) is 17.8. The first-order chi connectivity index (χ1) is 14.0. The predicted octanol–water partition coefficient (Wildman–Crippen LogP) is 4.88. The Balaban J connectivity index is 1.57. The molecule has 2 N–H and O–H groups in total. The largest absolute Gasteiger partial charge is 0.345 e. The standard InChI is InChI=1S/C20H12ClFN4O2S/c21-17-6-5-16(29-17)10-1-3-12(13(22)7-10)18-19(27)25-20(28)26(18)11-2-4-14-15(8-11)24-9-23-14/h1-9,18H,(H,23,24)(H,25,27,28). The molecule has 1 unspecified atom stereocenters. The van der Waals surface area contributed by atoms with Crippen molar-refractivity contribution in [3.63, 3.8) is 0 Å². The second kappa shape index (κ2) is 6.68. The fraction of sp³-hybridized carbons (Fsp3) is 0.0500. The fourth-order valence-corrected chi connectivity index (χ4v) is 4.50. The quantitative estimate of drug-likeness (QED) is 0.458. The summed E-state index contributed by atoms with van der Waals surface area (Å²) < 4.78 is 15.6. The third-order valence-corrected chi connectivity index (χ3v) is 6.07. The van der Waals surface area contributed by atoms with Gasteiger partial charge in [0.25, 0.3) is 5.91 Å². The topological polar surface area (TPSA) is 78.1 Å². The van der Waals surface area contributed by atoms with Gasteiger partial charge in [-0.3, -0.25) is 15.0 Å². The molecule has 0 bridgehead atoms. The van der Waals surface area contributed by atoms with Crippen molar-refractivity contribution >= 4 is 51.6 Å². The second-order valence-electron chi connectivity index (χ2n) is 6.51. The first-order valence-electron chi connectivity index (χ1n) is 8.63. The van der Waals surface area contributed by atoms with Crippen molar-refractivity contribution in [2.24, 2.45) is 0 Å². The number of urea groups is 1. The lowest BCUT2D eigenvalue weighted by atomic mass is 10.0. The summed E-state index contributed by atoms with van der Waals surface area (Å²) in [6.45, 7) is 0. The van der Waals surface area contributed by atoms with E-state index in [1.54, 1.807) is 36.4 Å². The number of fused-ring (bicyclic) bond motifs is 1. The van der Waals surface area contributed by atoms with E-state index in [0.717, 1.165) is 10.4 Å². The molecule has 9 heteroatoms. The molecule has 0 aliphatic carbocycles. The van der Waals surface area contributed by atoms with Crippen LogP contribution >= 0.6 is 22.9 Å². The van der Waals surface area contributed by atoms with E-state index in [2.05, 4.69) is 15.3 Å². The van der Waals surface area contributed by atoms with E-state index in [-0.39, 0.29) is 5.56 Å². The molecule has 2 aromatic carbocycles. The maximum Gasteiger partial charge on any atom is 0.329 e. The monoisotopic (exact) mass is 426 g/mol. The van der Waals surface area contributed by atoms with Gasteiger partial charge in [-0.05, 0) is 42.0 Å². The maximum atomic E-state index is 15.0. The summed E-state index contributed by atoms with van der Waals surface area (Å²) >= 11 is 7.29. The van der Waals surface area contributed by atoms with Gasteiger partial charge in [-0.1, -0.05) is 23.7 Å². The van der Waals surface area contributed by atoms with Crippen LogP contribution in [0.25, 0.3) is 21.5 Å². The molecule has 5 rings (SSSR count). The Kier molecular flexibility index (Phi) is 4.11. The smallest absolute Gasteiger partial charge is 0.329 e. The Labute approximate surface area is 172 Å². The molecule has 144 valence electrons. The van der Waals surface area contributed by atoms with Gasteiger partial charge in [0.15, 0.2) is 0 Å². The van der Waals surface area contributed by atoms with Crippen LogP contribution in [-0.4, -0.2) is 21.9 Å². The normalized spacial score (nSPS) is 16.6. The molecule has 1 aliphatic rings. The highest BCUT2D eigenvalue weighted by molar-refractivity contribution is 7.19. The van der Waals surface area contributed by atoms with Gasteiger partial charge in [-0.25, -0.2) is 14.2 Å². The Morgan fingerprint density at radius 2 is 1.97 bits per heavy atom. The molecule has 1 fully saturated rings. The van der Waals surface area contributed by atoms with Crippen LogP contribution in [0.15, 0.2) is 54.9 Å². The summed E-state index contributed by atoms with van der Waals surface area (Å²) in [7, 11) is 0. The highest BCUT2D eigenvalue weighted by Crippen LogP contribution is 2.37. The van der Waals surface area contributed by atoms with Crippen molar-refractivity contribution < 1.29 is 14.0 Å². The number of nitrogens with zero attached hydrogens (tertiary/aromatic N) is 2. The zero-order valence-corrected chi connectivity index (χ0v) is 16.2. The number of imidazole rings is 1. The van der Waals surface area contributed by atoms with Crippen LogP contribution in [0.2, 0.25) is 4.34 Å². The summed E-state index contributed by atoms with van der Waals surface area (Å²) in [5.74, 6) is -1.15. The van der Waals surface area contributed by atoms with Crippen LogP contribution < -0.4 is 10.2 Å². The Morgan fingerprint density at radius 3 is 2.72 bits per heavy atom. The fourth-order valence-electron chi connectivity index (χ4n) is 3.46. The van der Waals surface area contributed by atoms with Gasteiger partial charge < -0.3 is 4.98 Å². The van der Waals surface area contributed by atoms with Crippen LogP contribution in [0.3, 0.4) is 0 Å². The summed E-state index contributed by atoms with van der Waals surface area (Å²) in [6.07, 6.45) is 1.54. The number of imide groups is 1. The Bertz CT molecular complexity index is 1280. The SMILES string of the molecule is O=C1NC(=O)N(c2ccc3nc[nH]c3c2)C1c1ccc(-c2ccc(Cl)s2)cc1F. The molecule has 29 heavy (non-hydrogen) atoms. The van der Waals surface area contributed by atoms with Crippen molar-refractivity contribution in [1.82, 2.24) is 15.3 Å². The number of amides is 3. The molecule has 2 aromatic heterocycles. The number of nitrogens with one attached hydrogen (secondary N) is 2. The Hall–Kier alpha value is -3.23. The molecule has 3 amide bonds. The summed E-state index contributed by atoms with van der Waals surface area (Å²) in [5.41, 5.74) is 2.66. The summed E-state index contributed by atoms with van der Waals surface area (Å²) in [4.78, 5) is 34.2. The van der Waals surface area contributed by atoms with E-state index in [1.165, 1.54) is 34.7 Å². The van der Waals surface area contributed by atoms with Crippen LogP contribution in [0.4, 0.5) is 14.9 Å². The van der Waals surface area contributed by atoms with Gasteiger partial charge in [-0.2, -0.15) is 0 Å². The molecule has 0 spiro atoms. The number of benzene rings is 2. The van der Waals surface area contributed by atoms with Crippen molar-refractivity contribution in [3.05, 3.63) is 70.6 Å². The van der Waals surface area contributed by atoms with Crippen LogP contribution in [-0.2, 0) is 4.79 Å². The first-order valence-corrected chi connectivity index (χ1v) is 9.83. The van der Waals surface area contributed by atoms with Gasteiger partial charge in [0.2, 0.25) is 0 Å². The lowest BCUT2D eigenvalue weighted by Crippen LogP contribution is -2.30. The maximum absolute atomic E-state index is 15.0. The van der Waals surface area contributed by atoms with Crippen molar-refractivity contribution in [2.75, 3.05) is 4.90 Å². The number of aromatic nitrogens is 2. The molecule has 1 atom stereocenters. The zero-order valence-electron chi connectivity index (χ0n) is 14.6. The van der Waals surface area contributed by atoms with Crippen LogP contribution in [0.1, 0.15) is 11.6 Å². The molecule has 0 radical (unpaired) electrons. The predicted molar refractivity (Wildman–Crippen MR) is 110 cm³/mol. The van der Waals surface area contributed by atoms with Gasteiger partial charge >= 0.3 is 6.03 Å². The van der Waals surface area contributed by atoms with Crippen LogP contribution in [0, 0.1) is 5.82 Å². The number of thiophene rings is 1. The van der Waals surface area contributed by atoms with Crippen LogP contribution in [0.5, 0.6) is 0 Å². The van der Waals surface area contributed by atoms with Gasteiger partial charge in [-0.15, -0.1) is 11.3 Å². The minimum Gasteiger partial charge on any atom is -0.345 e. The number of aromatic amines is 1. The Morgan fingerprint density at radius 1 is 1.10 bits per heavy atom. The van der Waals surface area contributed by atoms with E-state index < -0.39 is 23.8 Å². The number of hydrogen-bond donors (Lipinski definition) is 2. The summed E-state index contributed by atoms with van der Waals surface area (Å²) in [5, 5.41) is 2.27.